The van der Waals surface area contributed by atoms with Gasteiger partial charge in [-0.3, -0.25) is 24.1 Å². The summed E-state index contributed by atoms with van der Waals surface area (Å²) in [7, 11) is -2.57. The summed E-state index contributed by atoms with van der Waals surface area (Å²) < 4.78 is 73.3. The molecule has 4 amide bonds. The highest BCUT2D eigenvalue weighted by Gasteiger charge is 2.54. The van der Waals surface area contributed by atoms with Crippen molar-refractivity contribution in [1.29, 1.82) is 0 Å². The third-order valence-corrected chi connectivity index (χ3v) is 18.1. The number of likely N-dealkylation sites (tertiary alicyclic amines) is 2. The van der Waals surface area contributed by atoms with Crippen LogP contribution in [0.4, 0.5) is 0 Å². The van der Waals surface area contributed by atoms with Crippen molar-refractivity contribution in [3.8, 4) is 0 Å². The van der Waals surface area contributed by atoms with Gasteiger partial charge in [0.15, 0.2) is 19.7 Å². The summed E-state index contributed by atoms with van der Waals surface area (Å²) >= 11 is 0. The fraction of sp³-hybridized carbons (Fsp3) is 0.740. The number of carbonyl (C=O) groups excluding carboxylic acids is 4. The smallest absolute Gasteiger partial charge is 0.326 e. The van der Waals surface area contributed by atoms with E-state index in [0.29, 0.717) is 32.2 Å². The molecule has 3 fully saturated rings. The molecule has 21 heteroatoms. The van der Waals surface area contributed by atoms with E-state index < -0.39 is 91.2 Å². The maximum Gasteiger partial charge on any atom is 0.326 e. The number of likely N-dealkylation sites (N-methyl/N-ethyl adjacent to an activating group) is 1. The van der Waals surface area contributed by atoms with Gasteiger partial charge < -0.3 is 44.5 Å². The van der Waals surface area contributed by atoms with Crippen molar-refractivity contribution in [2.24, 2.45) is 23.7 Å². The molecule has 0 spiro atoms. The quantitative estimate of drug-likeness (QED) is 0.0906. The van der Waals surface area contributed by atoms with Crippen LogP contribution in [0.2, 0.25) is 0 Å². The second kappa shape index (κ2) is 27.3. The third-order valence-electron chi connectivity index (χ3n) is 14.9. The minimum Gasteiger partial charge on any atom is -0.480 e. The van der Waals surface area contributed by atoms with E-state index in [0.717, 1.165) is 23.8 Å². The topological polar surface area (TPSA) is 245 Å². The lowest BCUT2D eigenvalue weighted by Gasteiger charge is -2.42. The molecule has 12 atom stereocenters. The molecule has 402 valence electrons. The fourth-order valence-electron chi connectivity index (χ4n) is 10.6. The van der Waals surface area contributed by atoms with E-state index in [1.54, 1.807) is 59.9 Å². The zero-order chi connectivity index (χ0) is 52.8. The van der Waals surface area contributed by atoms with Crippen LogP contribution in [0.1, 0.15) is 92.1 Å². The third kappa shape index (κ3) is 15.8. The molecule has 1 aliphatic carbocycles. The van der Waals surface area contributed by atoms with Crippen LogP contribution in [0, 0.1) is 23.7 Å². The SMILES string of the molecule is C=CS(=O)(=O)CCOCCOCCS(=O)(=O)C(C)N1[C@@H]2CC[C@@H](C2)[C@H]1C(=O)NC(C(=O)N(C)[C@@H]([C@@H](C)CC)[C@@H](CC(=O)N1CCCC1[C@H](OC)[C@@H](C)C(=O)NC(Cc1ccccc1)C(=O)O)OC)C(C)C. The van der Waals surface area contributed by atoms with Gasteiger partial charge >= 0.3 is 5.97 Å². The highest BCUT2D eigenvalue weighted by atomic mass is 32.2. The van der Waals surface area contributed by atoms with Crippen LogP contribution in [0.5, 0.6) is 0 Å². The van der Waals surface area contributed by atoms with Crippen molar-refractivity contribution in [3.05, 3.63) is 47.9 Å². The van der Waals surface area contributed by atoms with E-state index in [4.69, 9.17) is 18.9 Å². The summed E-state index contributed by atoms with van der Waals surface area (Å²) in [4.78, 5) is 74.4. The van der Waals surface area contributed by atoms with Gasteiger partial charge in [-0.2, -0.15) is 0 Å². The Morgan fingerprint density at radius 1 is 0.901 bits per heavy atom. The molecule has 1 aromatic carbocycles. The Bertz CT molecular complexity index is 2160. The minimum atomic E-state index is -3.79. The molecule has 3 aliphatic rings. The molecule has 2 saturated heterocycles. The lowest BCUT2D eigenvalue weighted by molar-refractivity contribution is -0.148. The number of carboxylic acids is 1. The standard InChI is InChI=1S/C50H81N5O14S2/c1-11-33(5)44(41(66-9)31-42(56)54-22-16-19-40(54)46(67-10)34(6)47(57)51-39(50(60)61)29-36-17-14-13-15-18-36)53(8)49(59)43(32(3)4)52-48(58)45-37-20-21-38(30-37)55(45)35(7)71(64,65)28-26-69-24-23-68-25-27-70(62,63)12-2/h12-15,17-18,32-35,37-41,43-46H,2,11,16,19-31H2,1,3-10H3,(H,51,57)(H,52,58)(H,60,61)/t33-,34+,35?,37-,38+,39?,40?,41+,43?,44-,45-,46+/m0/s1. The Kier molecular flexibility index (Phi) is 22.9. The van der Waals surface area contributed by atoms with Gasteiger partial charge in [0.1, 0.15) is 17.5 Å². The zero-order valence-corrected chi connectivity index (χ0v) is 44.8. The summed E-state index contributed by atoms with van der Waals surface area (Å²) in [6.45, 7) is 14.5. The Balaban J connectivity index is 1.43. The number of carbonyl (C=O) groups is 5. The van der Waals surface area contributed by atoms with E-state index in [2.05, 4.69) is 17.2 Å². The van der Waals surface area contributed by atoms with Crippen molar-refractivity contribution in [1.82, 2.24) is 25.3 Å². The van der Waals surface area contributed by atoms with Crippen molar-refractivity contribution in [3.63, 3.8) is 0 Å². The number of fused-ring (bicyclic) bond motifs is 2. The number of ether oxygens (including phenoxy) is 4. The van der Waals surface area contributed by atoms with Crippen LogP contribution in [0.15, 0.2) is 42.3 Å². The lowest BCUT2D eigenvalue weighted by Crippen LogP contribution is -2.61. The molecule has 19 nitrogen and oxygen atoms in total. The Morgan fingerprint density at radius 2 is 1.55 bits per heavy atom. The number of nitrogens with one attached hydrogen (secondary N) is 2. The Labute approximate surface area is 421 Å². The normalized spacial score (nSPS) is 22.8. The number of methoxy groups -OCH3 is 2. The maximum atomic E-state index is 14.7. The number of benzene rings is 1. The highest BCUT2D eigenvalue weighted by Crippen LogP contribution is 2.44. The number of piperidine rings is 1. The summed E-state index contributed by atoms with van der Waals surface area (Å²) in [5, 5.41) is 15.5. The van der Waals surface area contributed by atoms with E-state index in [1.807, 2.05) is 33.8 Å². The summed E-state index contributed by atoms with van der Waals surface area (Å²) in [5.41, 5.74) is 0.757. The number of hydrogen-bond acceptors (Lipinski definition) is 14. The number of aliphatic carboxylic acids is 1. The van der Waals surface area contributed by atoms with E-state index >= 15 is 0 Å². The van der Waals surface area contributed by atoms with Crippen LogP contribution in [0.3, 0.4) is 0 Å². The number of hydrogen-bond donors (Lipinski definition) is 3. The van der Waals surface area contributed by atoms with Gasteiger partial charge in [0, 0.05) is 45.7 Å². The molecule has 1 saturated carbocycles. The lowest BCUT2D eigenvalue weighted by atomic mass is 9.89. The van der Waals surface area contributed by atoms with E-state index in [9.17, 15) is 45.9 Å². The predicted octanol–water partition coefficient (Wildman–Crippen LogP) is 3.06. The van der Waals surface area contributed by atoms with Gasteiger partial charge in [0.2, 0.25) is 23.6 Å². The first-order chi connectivity index (χ1) is 33.5. The molecular weight excluding hydrogens is 959 g/mol. The maximum absolute atomic E-state index is 14.7. The molecule has 71 heavy (non-hydrogen) atoms. The van der Waals surface area contributed by atoms with Gasteiger partial charge in [-0.1, -0.05) is 78.0 Å². The fourth-order valence-corrected chi connectivity index (χ4v) is 12.5. The highest BCUT2D eigenvalue weighted by molar-refractivity contribution is 7.94. The number of nitrogens with zero attached hydrogens (tertiary/aromatic N) is 3. The molecular formula is C50H81N5O14S2. The van der Waals surface area contributed by atoms with Crippen molar-refractivity contribution >= 4 is 49.3 Å². The molecule has 0 aromatic heterocycles. The monoisotopic (exact) mass is 1040 g/mol. The van der Waals surface area contributed by atoms with Gasteiger partial charge in [0.25, 0.3) is 0 Å². The second-order valence-corrected chi connectivity index (χ2v) is 24.2. The number of rotatable bonds is 31. The van der Waals surface area contributed by atoms with Crippen molar-refractivity contribution < 1.29 is 64.9 Å². The van der Waals surface area contributed by atoms with Crippen LogP contribution < -0.4 is 10.6 Å². The first kappa shape index (κ1) is 59.6. The largest absolute Gasteiger partial charge is 0.480 e. The summed E-state index contributed by atoms with van der Waals surface area (Å²) in [5.74, 6) is -4.67. The van der Waals surface area contributed by atoms with Crippen molar-refractivity contribution in [2.45, 2.75) is 147 Å². The molecule has 4 unspecified atom stereocenters. The summed E-state index contributed by atoms with van der Waals surface area (Å²) in [6.07, 6.45) is 2.48. The van der Waals surface area contributed by atoms with Crippen LogP contribution in [-0.4, -0.2) is 186 Å². The van der Waals surface area contributed by atoms with E-state index in [1.165, 1.54) is 14.2 Å². The Morgan fingerprint density at radius 3 is 2.13 bits per heavy atom. The Hall–Kier alpha value is -3.99. The van der Waals surface area contributed by atoms with Crippen LogP contribution in [0.25, 0.3) is 0 Å². The number of amides is 4. The molecule has 3 N–H and O–H groups in total. The van der Waals surface area contributed by atoms with Crippen LogP contribution in [-0.2, 0) is 69.0 Å². The average molecular weight is 1040 g/mol. The number of sulfone groups is 2. The molecule has 4 rings (SSSR count). The summed E-state index contributed by atoms with van der Waals surface area (Å²) in [6, 6.07) is 4.86. The molecule has 2 bridgehead atoms. The van der Waals surface area contributed by atoms with Crippen molar-refractivity contribution in [2.75, 3.05) is 65.7 Å². The van der Waals surface area contributed by atoms with Gasteiger partial charge in [0.05, 0.1) is 80.6 Å². The second-order valence-electron chi connectivity index (χ2n) is 19.8. The number of carboxylic acid groups (broad SMARTS) is 1. The molecule has 1 aromatic rings. The zero-order valence-electron chi connectivity index (χ0n) is 43.2. The average Bonchev–Trinajstić information content (AvgIpc) is 4.11. The van der Waals surface area contributed by atoms with Crippen LogP contribution >= 0.6 is 0 Å². The predicted molar refractivity (Wildman–Crippen MR) is 268 cm³/mol. The van der Waals surface area contributed by atoms with Gasteiger partial charge in [-0.15, -0.1) is 0 Å². The van der Waals surface area contributed by atoms with E-state index in [-0.39, 0.29) is 86.4 Å². The first-order valence-corrected chi connectivity index (χ1v) is 28.5. The molecule has 2 aliphatic heterocycles. The molecule has 2 heterocycles. The van der Waals surface area contributed by atoms with Gasteiger partial charge in [-0.05, 0) is 62.3 Å². The first-order valence-electron chi connectivity index (χ1n) is 25.0. The minimum absolute atomic E-state index is 0.0431. The van der Waals surface area contributed by atoms with Gasteiger partial charge in [-0.25, -0.2) is 21.6 Å². The molecule has 0 radical (unpaired) electrons.